The van der Waals surface area contributed by atoms with Crippen LogP contribution in [0.15, 0.2) is 24.3 Å². The number of benzene rings is 1. The smallest absolute Gasteiger partial charge is 0.251 e. The summed E-state index contributed by atoms with van der Waals surface area (Å²) in [6, 6.07) is 7.50. The lowest BCUT2D eigenvalue weighted by Gasteiger charge is -2.19. The predicted molar refractivity (Wildman–Crippen MR) is 86.1 cm³/mol. The molecule has 0 heterocycles. The van der Waals surface area contributed by atoms with Crippen LogP contribution in [0, 0.1) is 5.92 Å². The van der Waals surface area contributed by atoms with Crippen LogP contribution in [0.3, 0.4) is 0 Å². The van der Waals surface area contributed by atoms with Crippen LogP contribution in [0.2, 0.25) is 0 Å². The van der Waals surface area contributed by atoms with Gasteiger partial charge in [-0.1, -0.05) is 12.5 Å². The number of hydrogen-bond donors (Lipinski definition) is 2. The number of nitrogens with two attached hydrogens (primary N) is 1. The summed E-state index contributed by atoms with van der Waals surface area (Å²) in [5.74, 6) is 1.07. The maximum Gasteiger partial charge on any atom is 0.251 e. The molecule has 0 radical (unpaired) electrons. The van der Waals surface area contributed by atoms with E-state index in [9.17, 15) is 4.79 Å². The Bertz CT molecular complexity index is 479. The number of methoxy groups -OCH3 is 1. The van der Waals surface area contributed by atoms with Gasteiger partial charge in [0.2, 0.25) is 0 Å². The van der Waals surface area contributed by atoms with Crippen molar-refractivity contribution in [1.29, 1.82) is 0 Å². The molecule has 1 aliphatic rings. The van der Waals surface area contributed by atoms with E-state index in [2.05, 4.69) is 5.32 Å². The molecule has 1 amide bonds. The molecular formula is C17H26N2O3. The summed E-state index contributed by atoms with van der Waals surface area (Å²) in [7, 11) is 1.67. The molecule has 5 heteroatoms. The highest BCUT2D eigenvalue weighted by Gasteiger charge is 2.27. The van der Waals surface area contributed by atoms with Gasteiger partial charge >= 0.3 is 0 Å². The zero-order valence-electron chi connectivity index (χ0n) is 13.2. The molecule has 1 aromatic carbocycles. The van der Waals surface area contributed by atoms with Gasteiger partial charge < -0.3 is 20.5 Å². The van der Waals surface area contributed by atoms with Crippen LogP contribution in [-0.4, -0.2) is 38.8 Å². The Morgan fingerprint density at radius 1 is 1.36 bits per heavy atom. The third kappa shape index (κ3) is 4.71. The number of hydrogen-bond acceptors (Lipinski definition) is 4. The standard InChI is InChI=1S/C17H26N2O3/c1-21-9-4-10-22-15-7-2-5-13(11-15)17(20)19-16-8-3-6-14(16)12-18/h2,5,7,11,14,16H,3-4,6,8-10,12,18H2,1H3,(H,19,20). The molecule has 5 nitrogen and oxygen atoms in total. The van der Waals surface area contributed by atoms with Crippen LogP contribution in [0.25, 0.3) is 0 Å². The summed E-state index contributed by atoms with van der Waals surface area (Å²) in [6.45, 7) is 1.88. The molecule has 0 aliphatic heterocycles. The van der Waals surface area contributed by atoms with E-state index in [1.54, 1.807) is 13.2 Å². The van der Waals surface area contributed by atoms with Crippen molar-refractivity contribution >= 4 is 5.91 Å². The summed E-state index contributed by atoms with van der Waals surface area (Å²) in [6.07, 6.45) is 4.08. The Hall–Kier alpha value is -1.59. The molecule has 1 aromatic rings. The first-order valence-corrected chi connectivity index (χ1v) is 7.97. The van der Waals surface area contributed by atoms with Crippen molar-refractivity contribution in [2.75, 3.05) is 26.9 Å². The van der Waals surface area contributed by atoms with E-state index in [1.807, 2.05) is 18.2 Å². The van der Waals surface area contributed by atoms with Gasteiger partial charge in [-0.2, -0.15) is 0 Å². The van der Waals surface area contributed by atoms with Crippen molar-refractivity contribution in [3.05, 3.63) is 29.8 Å². The van der Waals surface area contributed by atoms with Crippen LogP contribution in [0.5, 0.6) is 5.75 Å². The zero-order valence-corrected chi connectivity index (χ0v) is 13.2. The van der Waals surface area contributed by atoms with Gasteiger partial charge in [0.25, 0.3) is 5.91 Å². The van der Waals surface area contributed by atoms with Crippen molar-refractivity contribution in [3.8, 4) is 5.75 Å². The Morgan fingerprint density at radius 2 is 2.23 bits per heavy atom. The molecule has 1 saturated carbocycles. The first-order chi connectivity index (χ1) is 10.7. The first-order valence-electron chi connectivity index (χ1n) is 7.97. The summed E-state index contributed by atoms with van der Waals surface area (Å²) >= 11 is 0. The molecule has 0 aromatic heterocycles. The van der Waals surface area contributed by atoms with Crippen molar-refractivity contribution in [3.63, 3.8) is 0 Å². The molecule has 0 spiro atoms. The van der Waals surface area contributed by atoms with Gasteiger partial charge in [0.1, 0.15) is 5.75 Å². The summed E-state index contributed by atoms with van der Waals surface area (Å²) in [5, 5.41) is 3.11. The Balaban J connectivity index is 1.89. The summed E-state index contributed by atoms with van der Waals surface area (Å²) in [4.78, 5) is 12.4. The lowest BCUT2D eigenvalue weighted by atomic mass is 10.0. The monoisotopic (exact) mass is 306 g/mol. The van der Waals surface area contributed by atoms with E-state index in [4.69, 9.17) is 15.2 Å². The van der Waals surface area contributed by atoms with Gasteiger partial charge in [-0.25, -0.2) is 0 Å². The highest BCUT2D eigenvalue weighted by Crippen LogP contribution is 2.25. The molecule has 2 atom stereocenters. The van der Waals surface area contributed by atoms with Crippen LogP contribution >= 0.6 is 0 Å². The minimum atomic E-state index is -0.0484. The molecule has 2 rings (SSSR count). The molecular weight excluding hydrogens is 280 g/mol. The third-order valence-corrected chi connectivity index (χ3v) is 4.14. The van der Waals surface area contributed by atoms with Gasteiger partial charge in [0, 0.05) is 31.7 Å². The first kappa shape index (κ1) is 16.8. The van der Waals surface area contributed by atoms with Crippen LogP contribution in [0.4, 0.5) is 0 Å². The molecule has 0 bridgehead atoms. The SMILES string of the molecule is COCCCOc1cccc(C(=O)NC2CCCC2CN)c1. The van der Waals surface area contributed by atoms with Gasteiger partial charge in [0.05, 0.1) is 6.61 Å². The molecule has 2 unspecified atom stereocenters. The number of rotatable bonds is 8. The van der Waals surface area contributed by atoms with Crippen LogP contribution in [-0.2, 0) is 4.74 Å². The molecule has 1 aliphatic carbocycles. The summed E-state index contributed by atoms with van der Waals surface area (Å²) in [5.41, 5.74) is 6.39. The molecule has 0 saturated heterocycles. The van der Waals surface area contributed by atoms with Gasteiger partial charge in [-0.15, -0.1) is 0 Å². The number of amides is 1. The van der Waals surface area contributed by atoms with Crippen molar-refractivity contribution in [2.45, 2.75) is 31.7 Å². The van der Waals surface area contributed by atoms with E-state index in [0.29, 0.717) is 37.0 Å². The minimum absolute atomic E-state index is 0.0484. The maximum atomic E-state index is 12.4. The number of carbonyl (C=O) groups is 1. The lowest BCUT2D eigenvalue weighted by molar-refractivity contribution is 0.0928. The Morgan fingerprint density at radius 3 is 3.00 bits per heavy atom. The normalized spacial score (nSPS) is 20.8. The summed E-state index contributed by atoms with van der Waals surface area (Å²) < 4.78 is 10.6. The average molecular weight is 306 g/mol. The van der Waals surface area contributed by atoms with Gasteiger partial charge in [0.15, 0.2) is 0 Å². The van der Waals surface area contributed by atoms with E-state index >= 15 is 0 Å². The van der Waals surface area contributed by atoms with Crippen molar-refractivity contribution in [2.24, 2.45) is 11.7 Å². The number of nitrogens with one attached hydrogen (secondary N) is 1. The predicted octanol–water partition coefficient (Wildman–Crippen LogP) is 1.96. The third-order valence-electron chi connectivity index (χ3n) is 4.14. The van der Waals surface area contributed by atoms with Crippen LogP contribution < -0.4 is 15.8 Å². The lowest BCUT2D eigenvalue weighted by Crippen LogP contribution is -2.39. The Labute approximate surface area is 132 Å². The second-order valence-electron chi connectivity index (χ2n) is 5.73. The van der Waals surface area contributed by atoms with E-state index in [-0.39, 0.29) is 11.9 Å². The molecule has 1 fully saturated rings. The maximum absolute atomic E-state index is 12.4. The van der Waals surface area contributed by atoms with Crippen LogP contribution in [0.1, 0.15) is 36.0 Å². The van der Waals surface area contributed by atoms with Gasteiger partial charge in [-0.05, 0) is 43.5 Å². The fourth-order valence-electron chi connectivity index (χ4n) is 2.88. The fourth-order valence-corrected chi connectivity index (χ4v) is 2.88. The van der Waals surface area contributed by atoms with Crippen molar-refractivity contribution < 1.29 is 14.3 Å². The topological polar surface area (TPSA) is 73.6 Å². The van der Waals surface area contributed by atoms with E-state index in [1.165, 1.54) is 0 Å². The Kier molecular flexibility index (Phi) is 6.68. The highest BCUT2D eigenvalue weighted by atomic mass is 16.5. The van der Waals surface area contributed by atoms with Gasteiger partial charge in [-0.3, -0.25) is 4.79 Å². The molecule has 122 valence electrons. The van der Waals surface area contributed by atoms with E-state index < -0.39 is 0 Å². The second-order valence-corrected chi connectivity index (χ2v) is 5.73. The quantitative estimate of drug-likeness (QED) is 0.720. The van der Waals surface area contributed by atoms with Crippen molar-refractivity contribution in [1.82, 2.24) is 5.32 Å². The fraction of sp³-hybridized carbons (Fsp3) is 0.588. The van der Waals surface area contributed by atoms with E-state index in [0.717, 1.165) is 25.7 Å². The molecule has 3 N–H and O–H groups in total. The zero-order chi connectivity index (χ0) is 15.8. The number of carbonyl (C=O) groups excluding carboxylic acids is 1. The molecule has 22 heavy (non-hydrogen) atoms. The minimum Gasteiger partial charge on any atom is -0.493 e. The highest BCUT2D eigenvalue weighted by molar-refractivity contribution is 5.94. The second kappa shape index (κ2) is 8.76. The largest absolute Gasteiger partial charge is 0.493 e. The number of ether oxygens (including phenoxy) is 2. The average Bonchev–Trinajstić information content (AvgIpc) is 2.99.